The van der Waals surface area contributed by atoms with Crippen molar-refractivity contribution in [3.63, 3.8) is 0 Å². The Kier molecular flexibility index (Phi) is 5.38. The van der Waals surface area contributed by atoms with E-state index in [2.05, 4.69) is 37.0 Å². The second-order valence-electron chi connectivity index (χ2n) is 4.35. The number of nitriles is 1. The highest BCUT2D eigenvalue weighted by Crippen LogP contribution is 2.34. The van der Waals surface area contributed by atoms with E-state index in [0.29, 0.717) is 8.95 Å². The lowest BCUT2D eigenvalue weighted by Gasteiger charge is -2.10. The molecule has 8 nitrogen and oxygen atoms in total. The Morgan fingerprint density at radius 2 is 1.92 bits per heavy atom. The van der Waals surface area contributed by atoms with Crippen LogP contribution in [0.5, 0.6) is 11.5 Å². The molecule has 2 aromatic rings. The first-order valence-corrected chi connectivity index (χ1v) is 7.72. The van der Waals surface area contributed by atoms with E-state index in [-0.39, 0.29) is 34.2 Å². The zero-order chi connectivity index (χ0) is 17.9. The number of phenols is 1. The Hall–Kier alpha value is -2.64. The molecule has 0 aliphatic rings. The molecule has 24 heavy (non-hydrogen) atoms. The van der Waals surface area contributed by atoms with Crippen molar-refractivity contribution >= 4 is 43.4 Å². The van der Waals surface area contributed by atoms with Gasteiger partial charge in [-0.1, -0.05) is 0 Å². The summed E-state index contributed by atoms with van der Waals surface area (Å²) < 4.78 is 6.03. The molecule has 0 saturated heterocycles. The van der Waals surface area contributed by atoms with Gasteiger partial charge in [-0.2, -0.15) is 5.26 Å². The Bertz CT molecular complexity index is 869. The lowest BCUT2D eigenvalue weighted by molar-refractivity contribution is -0.384. The summed E-state index contributed by atoms with van der Waals surface area (Å²) in [4.78, 5) is 10.1. The number of ether oxygens (including phenoxy) is 1. The molecule has 122 valence electrons. The Balaban J connectivity index is 2.42. The van der Waals surface area contributed by atoms with Gasteiger partial charge in [0.2, 0.25) is 0 Å². The van der Waals surface area contributed by atoms with Crippen LogP contribution in [-0.2, 0) is 0 Å². The van der Waals surface area contributed by atoms with Crippen LogP contribution in [-0.4, -0.2) is 21.1 Å². The van der Waals surface area contributed by atoms with Gasteiger partial charge < -0.3 is 15.1 Å². The SMILES string of the molecule is N#Cc1cc([N+](=O)[O-])ccc1OC(=NO)c1cc(Br)c(O)c(Br)c1. The number of nitro benzene ring substituents is 1. The van der Waals surface area contributed by atoms with Crippen LogP contribution in [0.3, 0.4) is 0 Å². The van der Waals surface area contributed by atoms with Crippen LogP contribution in [0.15, 0.2) is 44.4 Å². The van der Waals surface area contributed by atoms with Crippen molar-refractivity contribution in [2.24, 2.45) is 5.16 Å². The molecule has 0 spiro atoms. The van der Waals surface area contributed by atoms with Crippen LogP contribution in [0, 0.1) is 21.4 Å². The van der Waals surface area contributed by atoms with Gasteiger partial charge >= 0.3 is 0 Å². The first kappa shape index (κ1) is 17.7. The average molecular weight is 457 g/mol. The molecule has 0 atom stereocenters. The highest BCUT2D eigenvalue weighted by atomic mass is 79.9. The van der Waals surface area contributed by atoms with E-state index >= 15 is 0 Å². The maximum absolute atomic E-state index is 10.7. The van der Waals surface area contributed by atoms with Crippen molar-refractivity contribution in [1.29, 1.82) is 5.26 Å². The molecule has 0 aliphatic heterocycles. The molecule has 2 rings (SSSR count). The van der Waals surface area contributed by atoms with Crippen LogP contribution in [0.25, 0.3) is 0 Å². The molecule has 0 fully saturated rings. The number of non-ortho nitro benzene ring substituents is 1. The minimum absolute atomic E-state index is 0.0174. The molecular weight excluding hydrogens is 450 g/mol. The van der Waals surface area contributed by atoms with E-state index in [1.165, 1.54) is 18.2 Å². The normalized spacial score (nSPS) is 11.0. The lowest BCUT2D eigenvalue weighted by atomic mass is 10.2. The lowest BCUT2D eigenvalue weighted by Crippen LogP contribution is -2.11. The maximum atomic E-state index is 10.7. The molecule has 10 heteroatoms. The standard InChI is InChI=1S/C14H7Br2N3O5/c15-10-4-7(5-11(16)13(10)20)14(18-21)24-12-2-1-9(19(22)23)3-8(12)6-17/h1-5,20-21H. The van der Waals surface area contributed by atoms with Gasteiger partial charge in [0.1, 0.15) is 23.1 Å². The highest BCUT2D eigenvalue weighted by Gasteiger charge is 2.17. The molecule has 0 saturated carbocycles. The Labute approximate surface area is 152 Å². The van der Waals surface area contributed by atoms with Crippen LogP contribution in [0.1, 0.15) is 11.1 Å². The molecule has 0 amide bonds. The summed E-state index contributed by atoms with van der Waals surface area (Å²) in [5.41, 5.74) is -0.0740. The number of nitro groups is 1. The maximum Gasteiger partial charge on any atom is 0.271 e. The first-order chi connectivity index (χ1) is 11.4. The third-order valence-electron chi connectivity index (χ3n) is 2.86. The molecule has 0 aromatic heterocycles. The summed E-state index contributed by atoms with van der Waals surface area (Å²) in [6.07, 6.45) is 0. The summed E-state index contributed by atoms with van der Waals surface area (Å²) in [5, 5.41) is 41.7. The number of oxime groups is 1. The number of hydrogen-bond acceptors (Lipinski definition) is 7. The summed E-state index contributed by atoms with van der Waals surface area (Å²) in [6.45, 7) is 0. The Morgan fingerprint density at radius 1 is 1.29 bits per heavy atom. The van der Waals surface area contributed by atoms with Gasteiger partial charge in [0, 0.05) is 17.7 Å². The van der Waals surface area contributed by atoms with Crippen LogP contribution in [0.4, 0.5) is 5.69 Å². The van der Waals surface area contributed by atoms with Crippen LogP contribution < -0.4 is 4.74 Å². The number of rotatable bonds is 3. The molecule has 0 bridgehead atoms. The van der Waals surface area contributed by atoms with Gasteiger partial charge in [-0.3, -0.25) is 10.1 Å². The number of aromatic hydroxyl groups is 1. The van der Waals surface area contributed by atoms with E-state index in [1.807, 2.05) is 0 Å². The van der Waals surface area contributed by atoms with Gasteiger partial charge in [-0.15, -0.1) is 0 Å². The predicted octanol–water partition coefficient (Wildman–Crippen LogP) is 3.91. The highest BCUT2D eigenvalue weighted by molar-refractivity contribution is 9.11. The van der Waals surface area contributed by atoms with Crippen molar-refractivity contribution in [2.75, 3.05) is 0 Å². The van der Waals surface area contributed by atoms with Crippen molar-refractivity contribution in [3.05, 3.63) is 60.5 Å². The fourth-order valence-corrected chi connectivity index (χ4v) is 2.92. The summed E-state index contributed by atoms with van der Waals surface area (Å²) in [6, 6.07) is 8.09. The minimum atomic E-state index is -0.639. The van der Waals surface area contributed by atoms with E-state index in [1.54, 1.807) is 6.07 Å². The van der Waals surface area contributed by atoms with E-state index in [9.17, 15) is 20.4 Å². The largest absolute Gasteiger partial charge is 0.506 e. The zero-order valence-electron chi connectivity index (χ0n) is 11.6. The quantitative estimate of drug-likeness (QED) is 0.237. The number of nitrogens with zero attached hydrogens (tertiary/aromatic N) is 3. The van der Waals surface area contributed by atoms with Crippen molar-refractivity contribution in [2.45, 2.75) is 0 Å². The smallest absolute Gasteiger partial charge is 0.271 e. The number of halogens is 2. The molecule has 0 unspecified atom stereocenters. The van der Waals surface area contributed by atoms with Crippen molar-refractivity contribution in [3.8, 4) is 17.6 Å². The molecule has 0 heterocycles. The summed E-state index contributed by atoms with van der Waals surface area (Å²) >= 11 is 6.27. The Morgan fingerprint density at radius 3 is 2.42 bits per heavy atom. The van der Waals surface area contributed by atoms with Gasteiger partial charge in [0.25, 0.3) is 11.6 Å². The monoisotopic (exact) mass is 455 g/mol. The molecule has 2 N–H and O–H groups in total. The fraction of sp³-hybridized carbons (Fsp3) is 0. The van der Waals surface area contributed by atoms with E-state index in [4.69, 9.17) is 10.00 Å². The second-order valence-corrected chi connectivity index (χ2v) is 6.05. The third kappa shape index (κ3) is 3.64. The zero-order valence-corrected chi connectivity index (χ0v) is 14.8. The summed E-state index contributed by atoms with van der Waals surface area (Å²) in [5.74, 6) is -0.331. The second kappa shape index (κ2) is 7.29. The van der Waals surface area contributed by atoms with Crippen molar-refractivity contribution in [1.82, 2.24) is 0 Å². The first-order valence-electron chi connectivity index (χ1n) is 6.14. The van der Waals surface area contributed by atoms with E-state index in [0.717, 1.165) is 12.1 Å². The van der Waals surface area contributed by atoms with Gasteiger partial charge in [0.05, 0.1) is 13.9 Å². The van der Waals surface area contributed by atoms with Crippen molar-refractivity contribution < 1.29 is 20.0 Å². The molecule has 0 radical (unpaired) electrons. The number of phenolic OH excluding ortho intramolecular Hbond substituents is 1. The number of hydrogen-bond donors (Lipinski definition) is 2. The van der Waals surface area contributed by atoms with E-state index < -0.39 is 4.92 Å². The predicted molar refractivity (Wildman–Crippen MR) is 90.3 cm³/mol. The third-order valence-corrected chi connectivity index (χ3v) is 4.06. The number of benzene rings is 2. The summed E-state index contributed by atoms with van der Waals surface area (Å²) in [7, 11) is 0. The van der Waals surface area contributed by atoms with Gasteiger partial charge in [-0.25, -0.2) is 0 Å². The van der Waals surface area contributed by atoms with Gasteiger partial charge in [-0.05, 0) is 55.2 Å². The molecular formula is C14H7Br2N3O5. The minimum Gasteiger partial charge on any atom is -0.506 e. The molecule has 2 aromatic carbocycles. The van der Waals surface area contributed by atoms with Gasteiger partial charge in [0.15, 0.2) is 0 Å². The van der Waals surface area contributed by atoms with Crippen LogP contribution in [0.2, 0.25) is 0 Å². The molecule has 0 aliphatic carbocycles. The topological polar surface area (TPSA) is 129 Å². The van der Waals surface area contributed by atoms with Crippen LogP contribution >= 0.6 is 31.9 Å². The average Bonchev–Trinajstić information content (AvgIpc) is 2.56. The fourth-order valence-electron chi connectivity index (χ4n) is 1.74.